The van der Waals surface area contributed by atoms with E-state index in [9.17, 15) is 5.26 Å². The van der Waals surface area contributed by atoms with E-state index < -0.39 is 5.54 Å². The van der Waals surface area contributed by atoms with Gasteiger partial charge in [0.1, 0.15) is 5.54 Å². The second kappa shape index (κ2) is 7.26. The predicted octanol–water partition coefficient (Wildman–Crippen LogP) is 3.41. The predicted molar refractivity (Wildman–Crippen MR) is 83.1 cm³/mol. The quantitative estimate of drug-likeness (QED) is 0.768. The lowest BCUT2D eigenvalue weighted by Gasteiger charge is -2.36. The normalized spacial score (nSPS) is 17.3. The van der Waals surface area contributed by atoms with Crippen molar-refractivity contribution in [3.63, 3.8) is 0 Å². The fourth-order valence-electron chi connectivity index (χ4n) is 2.33. The van der Waals surface area contributed by atoms with Crippen LogP contribution in [0, 0.1) is 16.7 Å². The summed E-state index contributed by atoms with van der Waals surface area (Å²) in [4.78, 5) is 2.40. The van der Waals surface area contributed by atoms with E-state index in [1.807, 2.05) is 6.92 Å². The lowest BCUT2D eigenvalue weighted by atomic mass is 9.87. The minimum atomic E-state index is -0.403. The van der Waals surface area contributed by atoms with Crippen molar-refractivity contribution in [3.8, 4) is 6.07 Å². The fraction of sp³-hybridized carbons (Fsp3) is 0.938. The van der Waals surface area contributed by atoms with Crippen molar-refractivity contribution in [1.29, 1.82) is 5.26 Å². The summed E-state index contributed by atoms with van der Waals surface area (Å²) in [6.45, 7) is 16.3. The standard InChI is InChI=1S/C16H33N3/c1-13(2)18-16(7,12-17)10-9-11-19(8)14(3)15(4,5)6/h13-14,18H,9-11H2,1-8H3. The molecule has 1 N–H and O–H groups in total. The lowest BCUT2D eigenvalue weighted by Crippen LogP contribution is -2.46. The van der Waals surface area contributed by atoms with Gasteiger partial charge in [-0.2, -0.15) is 5.26 Å². The van der Waals surface area contributed by atoms with E-state index in [0.717, 1.165) is 19.4 Å². The van der Waals surface area contributed by atoms with Gasteiger partial charge in [0.25, 0.3) is 0 Å². The molecule has 3 nitrogen and oxygen atoms in total. The van der Waals surface area contributed by atoms with Crippen LogP contribution in [-0.2, 0) is 0 Å². The van der Waals surface area contributed by atoms with Crippen LogP contribution < -0.4 is 5.32 Å². The van der Waals surface area contributed by atoms with Gasteiger partial charge >= 0.3 is 0 Å². The Morgan fingerprint density at radius 1 is 1.16 bits per heavy atom. The molecule has 0 aliphatic carbocycles. The summed E-state index contributed by atoms with van der Waals surface area (Å²) in [7, 11) is 2.18. The third-order valence-corrected chi connectivity index (χ3v) is 3.96. The Morgan fingerprint density at radius 2 is 1.68 bits per heavy atom. The maximum atomic E-state index is 9.31. The third-order valence-electron chi connectivity index (χ3n) is 3.96. The lowest BCUT2D eigenvalue weighted by molar-refractivity contribution is 0.136. The van der Waals surface area contributed by atoms with E-state index >= 15 is 0 Å². The highest BCUT2D eigenvalue weighted by molar-refractivity contribution is 5.04. The summed E-state index contributed by atoms with van der Waals surface area (Å²) in [6, 6.07) is 3.30. The van der Waals surface area contributed by atoms with Crippen LogP contribution in [0.1, 0.15) is 61.3 Å². The second-order valence-corrected chi connectivity index (χ2v) is 7.37. The summed E-state index contributed by atoms with van der Waals surface area (Å²) in [6.07, 6.45) is 1.93. The zero-order valence-electron chi connectivity index (χ0n) is 14.2. The molecule has 2 unspecified atom stereocenters. The van der Waals surface area contributed by atoms with Crippen LogP contribution in [0.2, 0.25) is 0 Å². The third kappa shape index (κ3) is 6.94. The fourth-order valence-corrected chi connectivity index (χ4v) is 2.33. The molecular formula is C16H33N3. The first-order valence-corrected chi connectivity index (χ1v) is 7.41. The van der Waals surface area contributed by atoms with Crippen LogP contribution in [0.3, 0.4) is 0 Å². The first-order chi connectivity index (χ1) is 8.52. The van der Waals surface area contributed by atoms with E-state index in [4.69, 9.17) is 0 Å². The molecule has 0 saturated heterocycles. The zero-order valence-corrected chi connectivity index (χ0v) is 14.2. The molecule has 0 spiro atoms. The Balaban J connectivity index is 4.25. The Bertz CT molecular complexity index is 298. The summed E-state index contributed by atoms with van der Waals surface area (Å²) in [5.74, 6) is 0. The number of nitrogens with zero attached hydrogens (tertiary/aromatic N) is 2. The molecule has 0 aromatic rings. The van der Waals surface area contributed by atoms with Crippen LogP contribution in [0.25, 0.3) is 0 Å². The largest absolute Gasteiger partial charge is 0.303 e. The average Bonchev–Trinajstić information content (AvgIpc) is 2.25. The van der Waals surface area contributed by atoms with Gasteiger partial charge in [0.15, 0.2) is 0 Å². The Kier molecular flexibility index (Phi) is 7.04. The van der Waals surface area contributed by atoms with Gasteiger partial charge in [0.2, 0.25) is 0 Å². The van der Waals surface area contributed by atoms with Crippen LogP contribution in [0.5, 0.6) is 0 Å². The highest BCUT2D eigenvalue weighted by atomic mass is 15.1. The Morgan fingerprint density at radius 3 is 2.05 bits per heavy atom. The van der Waals surface area contributed by atoms with E-state index in [0.29, 0.717) is 17.5 Å². The molecule has 0 bridgehead atoms. The maximum Gasteiger partial charge on any atom is 0.104 e. The molecule has 0 aromatic carbocycles. The zero-order chi connectivity index (χ0) is 15.3. The van der Waals surface area contributed by atoms with Crippen molar-refractivity contribution in [2.45, 2.75) is 78.9 Å². The van der Waals surface area contributed by atoms with Crippen LogP contribution in [0.15, 0.2) is 0 Å². The minimum absolute atomic E-state index is 0.295. The molecule has 0 aromatic heterocycles. The minimum Gasteiger partial charge on any atom is -0.303 e. The number of nitrogens with one attached hydrogen (secondary N) is 1. The number of nitriles is 1. The van der Waals surface area contributed by atoms with E-state index in [1.54, 1.807) is 0 Å². The number of hydrogen-bond acceptors (Lipinski definition) is 3. The molecule has 0 heterocycles. The summed E-state index contributed by atoms with van der Waals surface area (Å²) in [5, 5.41) is 12.7. The topological polar surface area (TPSA) is 39.1 Å². The van der Waals surface area contributed by atoms with Crippen molar-refractivity contribution in [2.24, 2.45) is 5.41 Å². The van der Waals surface area contributed by atoms with Crippen molar-refractivity contribution in [2.75, 3.05) is 13.6 Å². The molecule has 2 atom stereocenters. The molecular weight excluding hydrogens is 234 g/mol. The van der Waals surface area contributed by atoms with Crippen LogP contribution in [0.4, 0.5) is 0 Å². The van der Waals surface area contributed by atoms with Crippen molar-refractivity contribution in [3.05, 3.63) is 0 Å². The van der Waals surface area contributed by atoms with Crippen LogP contribution >= 0.6 is 0 Å². The van der Waals surface area contributed by atoms with Gasteiger partial charge in [-0.25, -0.2) is 0 Å². The molecule has 19 heavy (non-hydrogen) atoms. The highest BCUT2D eigenvalue weighted by Gasteiger charge is 2.26. The Labute approximate surface area is 120 Å². The molecule has 112 valence electrons. The smallest absolute Gasteiger partial charge is 0.104 e. The second-order valence-electron chi connectivity index (χ2n) is 7.37. The summed E-state index contributed by atoms with van der Waals surface area (Å²) >= 11 is 0. The molecule has 0 aliphatic heterocycles. The first-order valence-electron chi connectivity index (χ1n) is 7.41. The van der Waals surface area contributed by atoms with E-state index in [1.165, 1.54) is 0 Å². The SMILES string of the molecule is CC(C)NC(C)(C#N)CCCN(C)C(C)C(C)(C)C. The molecule has 3 heteroatoms. The first kappa shape index (κ1) is 18.4. The van der Waals surface area contributed by atoms with Gasteiger partial charge in [-0.3, -0.25) is 5.32 Å². The monoisotopic (exact) mass is 267 g/mol. The summed E-state index contributed by atoms with van der Waals surface area (Å²) < 4.78 is 0. The van der Waals surface area contributed by atoms with Gasteiger partial charge in [-0.1, -0.05) is 20.8 Å². The van der Waals surface area contributed by atoms with Gasteiger partial charge in [0, 0.05) is 12.1 Å². The average molecular weight is 267 g/mol. The van der Waals surface area contributed by atoms with Gasteiger partial charge in [-0.15, -0.1) is 0 Å². The Hall–Kier alpha value is -0.590. The molecule has 0 rings (SSSR count). The highest BCUT2D eigenvalue weighted by Crippen LogP contribution is 2.23. The number of hydrogen-bond donors (Lipinski definition) is 1. The molecule has 0 radical (unpaired) electrons. The summed E-state index contributed by atoms with van der Waals surface area (Å²) in [5.41, 5.74) is -0.108. The van der Waals surface area contributed by atoms with Crippen molar-refractivity contribution >= 4 is 0 Å². The molecule has 0 aliphatic rings. The van der Waals surface area contributed by atoms with Gasteiger partial charge < -0.3 is 4.90 Å². The molecule has 0 saturated carbocycles. The van der Waals surface area contributed by atoms with E-state index in [2.05, 4.69) is 64.9 Å². The van der Waals surface area contributed by atoms with Crippen molar-refractivity contribution < 1.29 is 0 Å². The molecule has 0 fully saturated rings. The number of rotatable bonds is 7. The maximum absolute atomic E-state index is 9.31. The molecule has 0 amide bonds. The van der Waals surface area contributed by atoms with Crippen molar-refractivity contribution in [1.82, 2.24) is 10.2 Å². The van der Waals surface area contributed by atoms with Gasteiger partial charge in [-0.05, 0) is 59.5 Å². The van der Waals surface area contributed by atoms with E-state index in [-0.39, 0.29) is 0 Å². The van der Waals surface area contributed by atoms with Crippen LogP contribution in [-0.4, -0.2) is 36.1 Å². The van der Waals surface area contributed by atoms with Gasteiger partial charge in [0.05, 0.1) is 6.07 Å².